The molecule has 0 spiro atoms. The minimum atomic E-state index is -0.198. The van der Waals surface area contributed by atoms with Crippen molar-refractivity contribution in [2.75, 3.05) is 0 Å². The molecule has 0 saturated carbocycles. The highest BCUT2D eigenvalue weighted by molar-refractivity contribution is 5.80. The topological polar surface area (TPSA) is 17.1 Å². The molecule has 0 radical (unpaired) electrons. The highest BCUT2D eigenvalue weighted by atomic mass is 16.1. The lowest BCUT2D eigenvalue weighted by molar-refractivity contribution is 0.112. The number of hydrogen-bond donors (Lipinski definition) is 0. The van der Waals surface area contributed by atoms with Crippen molar-refractivity contribution in [3.05, 3.63) is 94.0 Å². The van der Waals surface area contributed by atoms with E-state index in [9.17, 15) is 4.79 Å². The maximum absolute atomic E-state index is 11.1. The fourth-order valence-electron chi connectivity index (χ4n) is 4.73. The first-order valence-corrected chi connectivity index (χ1v) is 9.57. The Labute approximate surface area is 162 Å². The summed E-state index contributed by atoms with van der Waals surface area (Å²) >= 11 is 0. The summed E-state index contributed by atoms with van der Waals surface area (Å²) in [4.78, 5) is 11.1. The van der Waals surface area contributed by atoms with Gasteiger partial charge in [-0.3, -0.25) is 4.79 Å². The summed E-state index contributed by atoms with van der Waals surface area (Å²) in [5.74, 6) is 0. The molecule has 0 bridgehead atoms. The van der Waals surface area contributed by atoms with Crippen molar-refractivity contribution in [2.24, 2.45) is 0 Å². The first-order valence-electron chi connectivity index (χ1n) is 9.57. The monoisotopic (exact) mass is 354 g/mol. The Morgan fingerprint density at radius 2 is 1.22 bits per heavy atom. The highest BCUT2D eigenvalue weighted by Crippen LogP contribution is 2.57. The molecule has 1 aliphatic rings. The Bertz CT molecular complexity index is 1040. The molecular weight excluding hydrogens is 328 g/mol. The molecule has 0 N–H and O–H groups in total. The third kappa shape index (κ3) is 2.41. The summed E-state index contributed by atoms with van der Waals surface area (Å²) in [6, 6.07) is 21.8. The van der Waals surface area contributed by atoms with E-state index in [4.69, 9.17) is 0 Å². The number of benzene rings is 3. The number of hydrogen-bond acceptors (Lipinski definition) is 1. The van der Waals surface area contributed by atoms with Crippen molar-refractivity contribution >= 4 is 6.29 Å². The Kier molecular flexibility index (Phi) is 3.89. The van der Waals surface area contributed by atoms with E-state index < -0.39 is 0 Å². The van der Waals surface area contributed by atoms with E-state index >= 15 is 0 Å². The van der Waals surface area contributed by atoms with Crippen LogP contribution >= 0.6 is 0 Å². The summed E-state index contributed by atoms with van der Waals surface area (Å²) in [5, 5.41) is 0. The Balaban J connectivity index is 2.09. The number of aldehydes is 1. The van der Waals surface area contributed by atoms with E-state index in [1.54, 1.807) is 0 Å². The molecule has 0 fully saturated rings. The van der Waals surface area contributed by atoms with Crippen LogP contribution in [0.2, 0.25) is 0 Å². The Morgan fingerprint density at radius 3 is 1.78 bits per heavy atom. The molecule has 136 valence electrons. The second-order valence-electron chi connectivity index (χ2n) is 8.59. The molecule has 1 aliphatic carbocycles. The van der Waals surface area contributed by atoms with Crippen molar-refractivity contribution in [3.63, 3.8) is 0 Å². The van der Waals surface area contributed by atoms with Gasteiger partial charge in [0.2, 0.25) is 0 Å². The van der Waals surface area contributed by atoms with E-state index in [1.807, 2.05) is 12.1 Å². The molecule has 3 aromatic rings. The van der Waals surface area contributed by atoms with Crippen LogP contribution in [0.3, 0.4) is 0 Å². The number of carbonyl (C=O) groups excluding carboxylic acids is 1. The van der Waals surface area contributed by atoms with E-state index in [0.717, 1.165) is 11.8 Å². The largest absolute Gasteiger partial charge is 0.298 e. The van der Waals surface area contributed by atoms with Gasteiger partial charge >= 0.3 is 0 Å². The van der Waals surface area contributed by atoms with Crippen molar-refractivity contribution < 1.29 is 4.79 Å². The van der Waals surface area contributed by atoms with Crippen LogP contribution in [0.15, 0.2) is 60.7 Å². The lowest BCUT2D eigenvalue weighted by Gasteiger charge is -2.51. The summed E-state index contributed by atoms with van der Waals surface area (Å²) in [7, 11) is 0. The van der Waals surface area contributed by atoms with Gasteiger partial charge in [-0.2, -0.15) is 0 Å². The summed E-state index contributed by atoms with van der Waals surface area (Å²) < 4.78 is 0. The van der Waals surface area contributed by atoms with Gasteiger partial charge < -0.3 is 0 Å². The Hall–Kier alpha value is -2.67. The molecule has 0 aliphatic heterocycles. The lowest BCUT2D eigenvalue weighted by Crippen LogP contribution is -2.46. The molecule has 0 amide bonds. The molecule has 0 saturated heterocycles. The maximum atomic E-state index is 11.1. The van der Waals surface area contributed by atoms with Gasteiger partial charge in [-0.15, -0.1) is 0 Å². The summed E-state index contributed by atoms with van der Waals surface area (Å²) in [6.45, 7) is 11.4. The number of rotatable bonds is 2. The minimum absolute atomic E-state index is 0.0994. The van der Waals surface area contributed by atoms with Gasteiger partial charge in [0, 0.05) is 16.4 Å². The van der Waals surface area contributed by atoms with Crippen molar-refractivity contribution in [2.45, 2.75) is 45.4 Å². The zero-order valence-corrected chi connectivity index (χ0v) is 16.8. The average Bonchev–Trinajstić information content (AvgIpc) is 2.66. The molecule has 1 heteroatoms. The number of fused-ring (bicyclic) bond motifs is 3. The smallest absolute Gasteiger partial charge is 0.150 e. The zero-order chi connectivity index (χ0) is 19.4. The van der Waals surface area contributed by atoms with Crippen LogP contribution in [0, 0.1) is 13.8 Å². The maximum Gasteiger partial charge on any atom is 0.150 e. The average molecular weight is 354 g/mol. The summed E-state index contributed by atoms with van der Waals surface area (Å²) in [5.41, 5.74) is 9.64. The molecule has 3 aromatic carbocycles. The van der Waals surface area contributed by atoms with Crippen LogP contribution in [-0.4, -0.2) is 6.29 Å². The highest BCUT2D eigenvalue weighted by Gasteiger charge is 2.50. The molecule has 1 atom stereocenters. The molecular formula is C26H26O. The molecule has 27 heavy (non-hydrogen) atoms. The number of carbonyl (C=O) groups is 1. The third-order valence-electron chi connectivity index (χ3n) is 6.73. The van der Waals surface area contributed by atoms with Crippen molar-refractivity contribution in [1.82, 2.24) is 0 Å². The predicted octanol–water partition coefficient (Wildman–Crippen LogP) is 6.38. The van der Waals surface area contributed by atoms with Crippen LogP contribution in [0.4, 0.5) is 0 Å². The predicted molar refractivity (Wildman–Crippen MR) is 113 cm³/mol. The fraction of sp³-hybridized carbons (Fsp3) is 0.269. The van der Waals surface area contributed by atoms with Gasteiger partial charge in [-0.05, 0) is 41.7 Å². The molecule has 0 heterocycles. The third-order valence-corrected chi connectivity index (χ3v) is 6.73. The van der Waals surface area contributed by atoms with Crippen LogP contribution < -0.4 is 0 Å². The zero-order valence-electron chi connectivity index (χ0n) is 16.8. The van der Waals surface area contributed by atoms with Gasteiger partial charge in [-0.1, -0.05) is 92.6 Å². The van der Waals surface area contributed by atoms with Gasteiger partial charge in [0.05, 0.1) is 0 Å². The molecule has 1 nitrogen and oxygen atoms in total. The van der Waals surface area contributed by atoms with Crippen molar-refractivity contribution in [1.29, 1.82) is 0 Å². The van der Waals surface area contributed by atoms with Crippen LogP contribution in [0.25, 0.3) is 11.1 Å². The minimum Gasteiger partial charge on any atom is -0.298 e. The van der Waals surface area contributed by atoms with Crippen LogP contribution in [0.1, 0.15) is 58.9 Å². The lowest BCUT2D eigenvalue weighted by atomic mass is 9.52. The van der Waals surface area contributed by atoms with Gasteiger partial charge in [0.15, 0.2) is 0 Å². The Morgan fingerprint density at radius 1 is 0.704 bits per heavy atom. The first kappa shape index (κ1) is 17.7. The molecule has 1 unspecified atom stereocenters. The van der Waals surface area contributed by atoms with Crippen LogP contribution in [-0.2, 0) is 10.8 Å². The van der Waals surface area contributed by atoms with E-state index in [1.165, 1.54) is 38.9 Å². The second-order valence-corrected chi connectivity index (χ2v) is 8.59. The number of aryl methyl sites for hydroxylation is 2. The van der Waals surface area contributed by atoms with Gasteiger partial charge in [0.25, 0.3) is 0 Å². The normalized spacial score (nSPS) is 19.9. The van der Waals surface area contributed by atoms with Crippen LogP contribution in [0.5, 0.6) is 0 Å². The van der Waals surface area contributed by atoms with E-state index in [-0.39, 0.29) is 10.8 Å². The second kappa shape index (κ2) is 5.92. The standard InChI is InChI=1S/C26H26O/c1-17-6-12-21-22-13-7-18(2)15-24(22)26(5,25(3,4)23(21)14-17)20-10-8-19(16-27)9-11-20/h6-16H,1-5H3. The van der Waals surface area contributed by atoms with Gasteiger partial charge in [0.1, 0.15) is 6.29 Å². The molecule has 4 rings (SSSR count). The quantitative estimate of drug-likeness (QED) is 0.488. The SMILES string of the molecule is Cc1ccc2c(c1)C(C)(C)C(C)(c1ccc(C=O)cc1)c1cc(C)ccc1-2. The van der Waals surface area contributed by atoms with E-state index in [2.05, 4.69) is 83.1 Å². The first-order chi connectivity index (χ1) is 12.8. The van der Waals surface area contributed by atoms with Crippen molar-refractivity contribution in [3.8, 4) is 11.1 Å². The fourth-order valence-corrected chi connectivity index (χ4v) is 4.73. The molecule has 0 aromatic heterocycles. The van der Waals surface area contributed by atoms with E-state index in [0.29, 0.717) is 0 Å². The van der Waals surface area contributed by atoms with Gasteiger partial charge in [-0.25, -0.2) is 0 Å². The summed E-state index contributed by atoms with van der Waals surface area (Å²) in [6.07, 6.45) is 0.912.